The number of hydrogen-bond donors (Lipinski definition) is 2. The van der Waals surface area contributed by atoms with Gasteiger partial charge >= 0.3 is 5.97 Å². The van der Waals surface area contributed by atoms with Crippen molar-refractivity contribution in [3.63, 3.8) is 0 Å². The Kier molecular flexibility index (Phi) is 4.37. The predicted octanol–water partition coefficient (Wildman–Crippen LogP) is 4.00. The van der Waals surface area contributed by atoms with E-state index < -0.39 is 29.5 Å². The first-order valence-electron chi connectivity index (χ1n) is 5.78. The summed E-state index contributed by atoms with van der Waals surface area (Å²) in [6, 6.07) is 6.06. The molecule has 0 heterocycles. The van der Waals surface area contributed by atoms with E-state index in [1.807, 2.05) is 0 Å². The second-order valence-corrected chi connectivity index (χ2v) is 4.60. The molecule has 0 aromatic heterocycles. The highest BCUT2D eigenvalue weighted by Gasteiger charge is 2.23. The molecule has 0 aliphatic heterocycles. The number of hydrogen-bond acceptors (Lipinski definition) is 2. The normalized spacial score (nSPS) is 12.0. The van der Waals surface area contributed by atoms with Gasteiger partial charge in [-0.1, -0.05) is 23.7 Å². The number of benzene rings is 2. The minimum absolute atomic E-state index is 0.242. The maximum Gasteiger partial charge on any atom is 0.330 e. The summed E-state index contributed by atoms with van der Waals surface area (Å²) in [4.78, 5) is 11.3. The predicted molar refractivity (Wildman–Crippen MR) is 71.8 cm³/mol. The molecule has 1 unspecified atom stereocenters. The SMILES string of the molecule is O=C(O)C(Nc1ccccc1Cl)c1cc(F)c(F)c(F)c1. The second kappa shape index (κ2) is 6.05. The zero-order chi connectivity index (χ0) is 15.6. The number of carboxylic acid groups (broad SMARTS) is 1. The minimum Gasteiger partial charge on any atom is -0.479 e. The van der Waals surface area contributed by atoms with Crippen LogP contribution in [0.4, 0.5) is 18.9 Å². The lowest BCUT2D eigenvalue weighted by atomic mass is 10.1. The summed E-state index contributed by atoms with van der Waals surface area (Å²) in [7, 11) is 0. The molecule has 0 saturated heterocycles. The molecule has 0 aliphatic carbocycles. The molecular weight excluding hydrogens is 307 g/mol. The Bertz CT molecular complexity index is 671. The van der Waals surface area contributed by atoms with Crippen LogP contribution in [-0.4, -0.2) is 11.1 Å². The van der Waals surface area contributed by atoms with Gasteiger partial charge in [0, 0.05) is 0 Å². The molecule has 2 aromatic rings. The van der Waals surface area contributed by atoms with Crippen molar-refractivity contribution < 1.29 is 23.1 Å². The number of rotatable bonds is 4. The van der Waals surface area contributed by atoms with Crippen LogP contribution in [0, 0.1) is 17.5 Å². The Morgan fingerprint density at radius 1 is 1.14 bits per heavy atom. The van der Waals surface area contributed by atoms with E-state index in [0.717, 1.165) is 0 Å². The highest BCUT2D eigenvalue weighted by molar-refractivity contribution is 6.33. The third-order valence-electron chi connectivity index (χ3n) is 2.76. The number of carboxylic acids is 1. The van der Waals surface area contributed by atoms with E-state index in [2.05, 4.69) is 5.32 Å². The van der Waals surface area contributed by atoms with Crippen LogP contribution in [0.5, 0.6) is 0 Å². The molecule has 0 bridgehead atoms. The number of halogens is 4. The molecule has 2 N–H and O–H groups in total. The van der Waals surface area contributed by atoms with Gasteiger partial charge in [0.25, 0.3) is 0 Å². The van der Waals surface area contributed by atoms with Gasteiger partial charge in [0.15, 0.2) is 23.5 Å². The average molecular weight is 316 g/mol. The van der Waals surface area contributed by atoms with E-state index in [-0.39, 0.29) is 16.3 Å². The number of carbonyl (C=O) groups is 1. The summed E-state index contributed by atoms with van der Waals surface area (Å²) in [5, 5.41) is 12.0. The number of nitrogens with one attached hydrogen (secondary N) is 1. The summed E-state index contributed by atoms with van der Waals surface area (Å²) in [5.74, 6) is -5.96. The first kappa shape index (κ1) is 15.2. The monoisotopic (exact) mass is 315 g/mol. The molecule has 2 rings (SSSR count). The highest BCUT2D eigenvalue weighted by atomic mass is 35.5. The van der Waals surface area contributed by atoms with Gasteiger partial charge in [-0.2, -0.15) is 0 Å². The van der Waals surface area contributed by atoms with Crippen LogP contribution in [0.3, 0.4) is 0 Å². The standard InChI is InChI=1S/C14H9ClF3NO2/c15-8-3-1-2-4-11(8)19-13(14(20)21)7-5-9(16)12(18)10(17)6-7/h1-6,13,19H,(H,20,21). The van der Waals surface area contributed by atoms with Crippen LogP contribution in [0.1, 0.15) is 11.6 Å². The second-order valence-electron chi connectivity index (χ2n) is 4.19. The summed E-state index contributed by atoms with van der Waals surface area (Å²) in [6.45, 7) is 0. The van der Waals surface area contributed by atoms with Gasteiger partial charge in [-0.25, -0.2) is 18.0 Å². The fourth-order valence-corrected chi connectivity index (χ4v) is 1.95. The van der Waals surface area contributed by atoms with E-state index in [9.17, 15) is 23.1 Å². The van der Waals surface area contributed by atoms with Crippen LogP contribution >= 0.6 is 11.6 Å². The van der Waals surface area contributed by atoms with E-state index >= 15 is 0 Å². The van der Waals surface area contributed by atoms with Crippen molar-refractivity contribution in [2.75, 3.05) is 5.32 Å². The Balaban J connectivity index is 2.41. The molecule has 0 radical (unpaired) electrons. The molecule has 0 aliphatic rings. The van der Waals surface area contributed by atoms with E-state index in [4.69, 9.17) is 11.6 Å². The van der Waals surface area contributed by atoms with Crippen LogP contribution in [0.15, 0.2) is 36.4 Å². The number of para-hydroxylation sites is 1. The Hall–Kier alpha value is -2.21. The highest BCUT2D eigenvalue weighted by Crippen LogP contribution is 2.27. The molecule has 0 saturated carbocycles. The molecule has 0 fully saturated rings. The van der Waals surface area contributed by atoms with Crippen molar-refractivity contribution in [2.24, 2.45) is 0 Å². The number of anilines is 1. The van der Waals surface area contributed by atoms with Crippen molar-refractivity contribution in [1.82, 2.24) is 0 Å². The van der Waals surface area contributed by atoms with Crippen LogP contribution in [0.2, 0.25) is 5.02 Å². The van der Waals surface area contributed by atoms with E-state index in [1.54, 1.807) is 12.1 Å². The third-order valence-corrected chi connectivity index (χ3v) is 3.09. The third kappa shape index (κ3) is 3.28. The quantitative estimate of drug-likeness (QED) is 0.839. The van der Waals surface area contributed by atoms with E-state index in [1.165, 1.54) is 12.1 Å². The van der Waals surface area contributed by atoms with Crippen molar-refractivity contribution in [1.29, 1.82) is 0 Å². The molecule has 3 nitrogen and oxygen atoms in total. The molecular formula is C14H9ClF3NO2. The van der Waals surface area contributed by atoms with Gasteiger partial charge in [-0.05, 0) is 29.8 Å². The summed E-state index contributed by atoms with van der Waals surface area (Å²) in [5.41, 5.74) is 0.00975. The average Bonchev–Trinajstić information content (AvgIpc) is 2.43. The van der Waals surface area contributed by atoms with E-state index in [0.29, 0.717) is 12.1 Å². The van der Waals surface area contributed by atoms with Gasteiger partial charge in [0.05, 0.1) is 10.7 Å². The van der Waals surface area contributed by atoms with Crippen LogP contribution in [-0.2, 0) is 4.79 Å². The van der Waals surface area contributed by atoms with Crippen molar-refractivity contribution in [3.8, 4) is 0 Å². The topological polar surface area (TPSA) is 49.3 Å². The zero-order valence-corrected chi connectivity index (χ0v) is 11.2. The summed E-state index contributed by atoms with van der Waals surface area (Å²) < 4.78 is 39.4. The fraction of sp³-hybridized carbons (Fsp3) is 0.0714. The summed E-state index contributed by atoms with van der Waals surface area (Å²) in [6.07, 6.45) is 0. The van der Waals surface area contributed by atoms with Gasteiger partial charge < -0.3 is 10.4 Å². The fourth-order valence-electron chi connectivity index (χ4n) is 1.76. The Labute approximate surface area is 123 Å². The van der Waals surface area contributed by atoms with Crippen LogP contribution < -0.4 is 5.32 Å². The van der Waals surface area contributed by atoms with Crippen molar-refractivity contribution in [2.45, 2.75) is 6.04 Å². The van der Waals surface area contributed by atoms with Gasteiger partial charge in [-0.15, -0.1) is 0 Å². The first-order valence-corrected chi connectivity index (χ1v) is 6.16. The maximum atomic E-state index is 13.2. The largest absolute Gasteiger partial charge is 0.479 e. The molecule has 0 amide bonds. The molecule has 2 aromatic carbocycles. The Morgan fingerprint density at radius 2 is 1.71 bits per heavy atom. The summed E-state index contributed by atoms with van der Waals surface area (Å²) >= 11 is 5.88. The van der Waals surface area contributed by atoms with Crippen molar-refractivity contribution in [3.05, 3.63) is 64.4 Å². The Morgan fingerprint density at radius 3 is 2.24 bits per heavy atom. The molecule has 21 heavy (non-hydrogen) atoms. The molecule has 0 spiro atoms. The lowest BCUT2D eigenvalue weighted by Gasteiger charge is -2.17. The molecule has 7 heteroatoms. The smallest absolute Gasteiger partial charge is 0.330 e. The van der Waals surface area contributed by atoms with Gasteiger partial charge in [-0.3, -0.25) is 0 Å². The molecule has 1 atom stereocenters. The first-order chi connectivity index (χ1) is 9.90. The molecule has 110 valence electrons. The lowest BCUT2D eigenvalue weighted by Crippen LogP contribution is -2.21. The van der Waals surface area contributed by atoms with Gasteiger partial charge in [0.2, 0.25) is 0 Å². The number of aliphatic carboxylic acids is 1. The zero-order valence-electron chi connectivity index (χ0n) is 10.4. The van der Waals surface area contributed by atoms with Crippen molar-refractivity contribution >= 4 is 23.3 Å². The lowest BCUT2D eigenvalue weighted by molar-refractivity contribution is -0.138. The van der Waals surface area contributed by atoms with Crippen LogP contribution in [0.25, 0.3) is 0 Å². The van der Waals surface area contributed by atoms with Gasteiger partial charge in [0.1, 0.15) is 0 Å². The minimum atomic E-state index is -1.65. The maximum absolute atomic E-state index is 13.2.